The van der Waals surface area contributed by atoms with Gasteiger partial charge < -0.3 is 11.1 Å². The van der Waals surface area contributed by atoms with Crippen molar-refractivity contribution < 1.29 is 0 Å². The number of nitrogens with two attached hydrogens (primary N) is 1. The summed E-state index contributed by atoms with van der Waals surface area (Å²) in [5.41, 5.74) is 7.02. The number of hydrogen-bond donors (Lipinski definition) is 2. The molecule has 4 heteroatoms. The Morgan fingerprint density at radius 3 is 2.67 bits per heavy atom. The van der Waals surface area contributed by atoms with Gasteiger partial charge in [-0.1, -0.05) is 12.2 Å². The van der Waals surface area contributed by atoms with Gasteiger partial charge in [0.15, 0.2) is 0 Å². The van der Waals surface area contributed by atoms with E-state index >= 15 is 0 Å². The first-order chi connectivity index (χ1) is 5.68. The van der Waals surface area contributed by atoms with E-state index in [-0.39, 0.29) is 0 Å². The summed E-state index contributed by atoms with van der Waals surface area (Å²) < 4.78 is 0. The van der Waals surface area contributed by atoms with E-state index < -0.39 is 0 Å². The van der Waals surface area contributed by atoms with Crippen LogP contribution in [0.25, 0.3) is 0 Å². The van der Waals surface area contributed by atoms with Crippen molar-refractivity contribution in [1.82, 2.24) is 9.97 Å². The van der Waals surface area contributed by atoms with Crippen LogP contribution in [0.5, 0.6) is 0 Å². The van der Waals surface area contributed by atoms with E-state index in [0.717, 1.165) is 5.57 Å². The second-order valence-corrected chi connectivity index (χ2v) is 2.65. The van der Waals surface area contributed by atoms with Gasteiger partial charge in [0.05, 0.1) is 18.1 Å². The van der Waals surface area contributed by atoms with Crippen LogP contribution in [0, 0.1) is 0 Å². The number of anilines is 2. The van der Waals surface area contributed by atoms with Gasteiger partial charge in [-0.05, 0) is 6.92 Å². The third-order valence-corrected chi connectivity index (χ3v) is 1.22. The normalized spacial score (nSPS) is 9.42. The Balaban J connectivity index is 2.53. The second kappa shape index (κ2) is 3.71. The minimum Gasteiger partial charge on any atom is -0.396 e. The van der Waals surface area contributed by atoms with Gasteiger partial charge in [0.25, 0.3) is 0 Å². The Morgan fingerprint density at radius 2 is 2.17 bits per heavy atom. The molecule has 0 atom stereocenters. The highest BCUT2D eigenvalue weighted by molar-refractivity contribution is 5.36. The lowest BCUT2D eigenvalue weighted by Gasteiger charge is -2.02. The number of aromatic nitrogens is 2. The number of nitrogens with one attached hydrogen (secondary N) is 1. The Kier molecular flexibility index (Phi) is 2.63. The molecule has 0 aromatic carbocycles. The van der Waals surface area contributed by atoms with E-state index in [1.54, 1.807) is 12.4 Å². The monoisotopic (exact) mass is 164 g/mol. The first-order valence-electron chi connectivity index (χ1n) is 3.64. The quantitative estimate of drug-likeness (QED) is 0.655. The highest BCUT2D eigenvalue weighted by atomic mass is 15.1. The standard InChI is InChI=1S/C8H12N4/c1-6(2)3-10-8-11-4-7(9)5-12-8/h4-5H,1,3,9H2,2H3,(H,10,11,12). The van der Waals surface area contributed by atoms with Crippen molar-refractivity contribution >= 4 is 11.6 Å². The molecule has 1 rings (SSSR count). The lowest BCUT2D eigenvalue weighted by molar-refractivity contribution is 1.09. The van der Waals surface area contributed by atoms with Crippen LogP contribution in [0.1, 0.15) is 6.92 Å². The van der Waals surface area contributed by atoms with Crippen molar-refractivity contribution in [3.05, 3.63) is 24.5 Å². The van der Waals surface area contributed by atoms with Crippen molar-refractivity contribution in [1.29, 1.82) is 0 Å². The second-order valence-electron chi connectivity index (χ2n) is 2.65. The van der Waals surface area contributed by atoms with Gasteiger partial charge in [0, 0.05) is 6.54 Å². The maximum atomic E-state index is 5.41. The molecule has 1 heterocycles. The highest BCUT2D eigenvalue weighted by Crippen LogP contribution is 2.00. The fraction of sp³-hybridized carbons (Fsp3) is 0.250. The van der Waals surface area contributed by atoms with E-state index in [1.807, 2.05) is 6.92 Å². The number of nitrogen functional groups attached to an aromatic ring is 1. The number of nitrogens with zero attached hydrogens (tertiary/aromatic N) is 2. The van der Waals surface area contributed by atoms with Crippen molar-refractivity contribution in [3.63, 3.8) is 0 Å². The van der Waals surface area contributed by atoms with Gasteiger partial charge in [-0.25, -0.2) is 9.97 Å². The predicted molar refractivity (Wildman–Crippen MR) is 49.7 cm³/mol. The SMILES string of the molecule is C=C(C)CNc1ncc(N)cn1. The van der Waals surface area contributed by atoms with E-state index in [1.165, 1.54) is 0 Å². The molecule has 1 aromatic heterocycles. The summed E-state index contributed by atoms with van der Waals surface area (Å²) in [4.78, 5) is 7.92. The van der Waals surface area contributed by atoms with Crippen LogP contribution in [0.15, 0.2) is 24.5 Å². The molecule has 0 amide bonds. The number of rotatable bonds is 3. The molecule has 12 heavy (non-hydrogen) atoms. The lowest BCUT2D eigenvalue weighted by atomic mass is 10.3. The summed E-state index contributed by atoms with van der Waals surface area (Å²) >= 11 is 0. The summed E-state index contributed by atoms with van der Waals surface area (Å²) in [6.45, 7) is 6.36. The summed E-state index contributed by atoms with van der Waals surface area (Å²) in [6, 6.07) is 0. The largest absolute Gasteiger partial charge is 0.396 e. The summed E-state index contributed by atoms with van der Waals surface area (Å²) in [7, 11) is 0. The first kappa shape index (κ1) is 8.52. The average molecular weight is 164 g/mol. The van der Waals surface area contributed by atoms with Gasteiger partial charge >= 0.3 is 0 Å². The Labute approximate surface area is 71.5 Å². The molecule has 0 aliphatic carbocycles. The third-order valence-electron chi connectivity index (χ3n) is 1.22. The van der Waals surface area contributed by atoms with Crippen LogP contribution in [0.4, 0.5) is 11.6 Å². The molecular formula is C8H12N4. The molecule has 64 valence electrons. The Hall–Kier alpha value is -1.58. The van der Waals surface area contributed by atoms with Gasteiger partial charge in [-0.15, -0.1) is 0 Å². The van der Waals surface area contributed by atoms with Crippen LogP contribution in [-0.2, 0) is 0 Å². The van der Waals surface area contributed by atoms with Crippen LogP contribution < -0.4 is 11.1 Å². The van der Waals surface area contributed by atoms with Crippen LogP contribution >= 0.6 is 0 Å². The smallest absolute Gasteiger partial charge is 0.222 e. The van der Waals surface area contributed by atoms with Crippen molar-refractivity contribution in [2.75, 3.05) is 17.6 Å². The summed E-state index contributed by atoms with van der Waals surface area (Å²) in [5, 5.41) is 2.99. The van der Waals surface area contributed by atoms with Crippen LogP contribution in [0.3, 0.4) is 0 Å². The maximum Gasteiger partial charge on any atom is 0.222 e. The molecular weight excluding hydrogens is 152 g/mol. The average Bonchev–Trinajstić information content (AvgIpc) is 2.03. The van der Waals surface area contributed by atoms with E-state index in [0.29, 0.717) is 18.2 Å². The molecule has 3 N–H and O–H groups in total. The fourth-order valence-corrected chi connectivity index (χ4v) is 0.659. The molecule has 0 saturated heterocycles. The number of hydrogen-bond acceptors (Lipinski definition) is 4. The zero-order valence-electron chi connectivity index (χ0n) is 7.04. The minimum absolute atomic E-state index is 0.566. The first-order valence-corrected chi connectivity index (χ1v) is 3.64. The lowest BCUT2D eigenvalue weighted by Crippen LogP contribution is -2.05. The third kappa shape index (κ3) is 2.57. The van der Waals surface area contributed by atoms with Crippen molar-refractivity contribution in [3.8, 4) is 0 Å². The molecule has 0 aliphatic heterocycles. The van der Waals surface area contributed by atoms with Crippen molar-refractivity contribution in [2.24, 2.45) is 0 Å². The van der Waals surface area contributed by atoms with Gasteiger partial charge in [-0.3, -0.25) is 0 Å². The summed E-state index contributed by atoms with van der Waals surface area (Å²) in [6.07, 6.45) is 3.13. The molecule has 0 saturated carbocycles. The van der Waals surface area contributed by atoms with E-state index in [4.69, 9.17) is 5.73 Å². The zero-order chi connectivity index (χ0) is 8.97. The molecule has 0 fully saturated rings. The molecule has 0 spiro atoms. The zero-order valence-corrected chi connectivity index (χ0v) is 7.04. The molecule has 0 radical (unpaired) electrons. The summed E-state index contributed by atoms with van der Waals surface area (Å²) in [5.74, 6) is 0.576. The highest BCUT2D eigenvalue weighted by Gasteiger charge is 1.93. The fourth-order valence-electron chi connectivity index (χ4n) is 0.659. The van der Waals surface area contributed by atoms with Crippen LogP contribution in [-0.4, -0.2) is 16.5 Å². The van der Waals surface area contributed by atoms with Crippen molar-refractivity contribution in [2.45, 2.75) is 6.92 Å². The molecule has 0 aliphatic rings. The van der Waals surface area contributed by atoms with E-state index in [2.05, 4.69) is 21.9 Å². The molecule has 4 nitrogen and oxygen atoms in total. The van der Waals surface area contributed by atoms with Crippen LogP contribution in [0.2, 0.25) is 0 Å². The molecule has 0 unspecified atom stereocenters. The molecule has 0 bridgehead atoms. The van der Waals surface area contributed by atoms with Gasteiger partial charge in [0.2, 0.25) is 5.95 Å². The maximum absolute atomic E-state index is 5.41. The van der Waals surface area contributed by atoms with Gasteiger partial charge in [-0.2, -0.15) is 0 Å². The Morgan fingerprint density at radius 1 is 1.58 bits per heavy atom. The van der Waals surface area contributed by atoms with Gasteiger partial charge in [0.1, 0.15) is 0 Å². The topological polar surface area (TPSA) is 63.8 Å². The van der Waals surface area contributed by atoms with E-state index in [9.17, 15) is 0 Å². The molecule has 1 aromatic rings. The predicted octanol–water partition coefficient (Wildman–Crippen LogP) is 1.05. The minimum atomic E-state index is 0.566. The Bertz CT molecular complexity index is 265.